The maximum atomic E-state index is 14.5. The summed E-state index contributed by atoms with van der Waals surface area (Å²) >= 11 is 11.7. The summed E-state index contributed by atoms with van der Waals surface area (Å²) in [5, 5.41) is 10.0. The van der Waals surface area contributed by atoms with Crippen LogP contribution >= 0.6 is 23.2 Å². The number of aliphatic hydroxyl groups excluding tert-OH is 1. The highest BCUT2D eigenvalue weighted by Crippen LogP contribution is 2.42. The zero-order valence-corrected chi connectivity index (χ0v) is 20.9. The Bertz CT molecular complexity index is 1070. The van der Waals surface area contributed by atoms with Gasteiger partial charge in [0.2, 0.25) is 6.23 Å². The molecule has 1 aliphatic rings. The number of nitrogens with two attached hydrogens (primary N) is 1. The molecule has 3 rings (SSSR count). The number of anilines is 2. The predicted octanol–water partition coefficient (Wildman–Crippen LogP) is 2.57. The van der Waals surface area contributed by atoms with E-state index in [9.17, 15) is 23.5 Å². The lowest BCUT2D eigenvalue weighted by Crippen LogP contribution is -2.42. The Morgan fingerprint density at radius 3 is 2.50 bits per heavy atom. The third-order valence-electron chi connectivity index (χ3n) is 5.75. The zero-order valence-electron chi connectivity index (χ0n) is 19.4. The molecule has 9 nitrogen and oxygen atoms in total. The molecular weight excluding hydrogens is 521 g/mol. The number of aromatic nitrogens is 2. The predicted molar refractivity (Wildman–Crippen MR) is 132 cm³/mol. The molecule has 1 aliphatic heterocycles. The van der Waals surface area contributed by atoms with Crippen LogP contribution in [0.5, 0.6) is 0 Å². The van der Waals surface area contributed by atoms with Crippen LogP contribution in [0.4, 0.5) is 20.3 Å². The highest BCUT2D eigenvalue weighted by Gasteiger charge is 2.60. The number of esters is 1. The minimum absolute atomic E-state index is 0.0519. The minimum Gasteiger partial charge on any atom is -0.463 e. The molecule has 0 saturated carbocycles. The molecule has 0 radical (unpaired) electrons. The van der Waals surface area contributed by atoms with Crippen molar-refractivity contribution in [2.45, 2.75) is 43.6 Å². The number of carbonyl (C=O) groups is 1. The van der Waals surface area contributed by atoms with Gasteiger partial charge in [-0.2, -0.15) is 13.8 Å². The first kappa shape index (κ1) is 28.1. The average Bonchev–Trinajstić information content (AvgIpc) is 3.06. The number of hydrogen-bond acceptors (Lipinski definition) is 8. The van der Waals surface area contributed by atoms with Crippen LogP contribution in [-0.2, 0) is 20.7 Å². The Kier molecular flexibility index (Phi) is 9.89. The summed E-state index contributed by atoms with van der Waals surface area (Å²) in [4.78, 5) is 29.5. The fourth-order valence-electron chi connectivity index (χ4n) is 3.84. The molecule has 1 saturated heterocycles. The number of aryl methyl sites for hydroxylation is 1. The van der Waals surface area contributed by atoms with Crippen molar-refractivity contribution in [3.05, 3.63) is 52.6 Å². The zero-order chi connectivity index (χ0) is 26.3. The molecule has 198 valence electrons. The second-order valence-electron chi connectivity index (χ2n) is 8.26. The lowest BCUT2D eigenvalue weighted by atomic mass is 10.1. The maximum absolute atomic E-state index is 14.5. The first-order valence-electron chi connectivity index (χ1n) is 11.3. The molecule has 3 atom stereocenters. The van der Waals surface area contributed by atoms with Crippen LogP contribution in [0.1, 0.15) is 24.6 Å². The Labute approximate surface area is 216 Å². The first-order valence-corrected chi connectivity index (χ1v) is 12.4. The average molecular weight is 549 g/mol. The van der Waals surface area contributed by atoms with E-state index in [2.05, 4.69) is 9.88 Å². The Morgan fingerprint density at radius 1 is 1.22 bits per heavy atom. The van der Waals surface area contributed by atoms with E-state index in [0.29, 0.717) is 42.3 Å². The van der Waals surface area contributed by atoms with E-state index in [4.69, 9.17) is 38.4 Å². The van der Waals surface area contributed by atoms with Gasteiger partial charge in [-0.15, -0.1) is 23.2 Å². The lowest BCUT2D eigenvalue weighted by Gasteiger charge is -2.23. The second kappa shape index (κ2) is 12.7. The second-order valence-corrected chi connectivity index (χ2v) is 9.01. The summed E-state index contributed by atoms with van der Waals surface area (Å²) < 4.78 is 39.9. The Balaban J connectivity index is 1.47. The van der Waals surface area contributed by atoms with Crippen molar-refractivity contribution in [1.82, 2.24) is 9.55 Å². The molecule has 1 unspecified atom stereocenters. The summed E-state index contributed by atoms with van der Waals surface area (Å²) in [6, 6.07) is 8.99. The van der Waals surface area contributed by atoms with E-state index in [-0.39, 0.29) is 12.2 Å². The number of hydrogen-bond donors (Lipinski definition) is 2. The van der Waals surface area contributed by atoms with Gasteiger partial charge in [-0.1, -0.05) is 12.1 Å². The first-order chi connectivity index (χ1) is 17.2. The van der Waals surface area contributed by atoms with E-state index >= 15 is 0 Å². The number of rotatable bonds is 12. The number of benzene rings is 1. The SMILES string of the molecule is Nc1ccn([C@@H]2O[C@H](COC(=O)CCCc3ccc(N(CCCl)CCCl)cc3)C(O)C2(F)F)c(=O)n1. The van der Waals surface area contributed by atoms with Crippen molar-refractivity contribution < 1.29 is 28.2 Å². The highest BCUT2D eigenvalue weighted by molar-refractivity contribution is 6.18. The van der Waals surface area contributed by atoms with E-state index in [1.807, 2.05) is 24.3 Å². The van der Waals surface area contributed by atoms with Gasteiger partial charge in [0.1, 0.15) is 18.5 Å². The van der Waals surface area contributed by atoms with Gasteiger partial charge in [0.15, 0.2) is 6.10 Å². The van der Waals surface area contributed by atoms with E-state index < -0.39 is 42.6 Å². The largest absolute Gasteiger partial charge is 0.463 e. The van der Waals surface area contributed by atoms with Gasteiger partial charge in [-0.25, -0.2) is 4.79 Å². The third kappa shape index (κ3) is 6.84. The van der Waals surface area contributed by atoms with Crippen molar-refractivity contribution in [1.29, 1.82) is 0 Å². The molecule has 2 heterocycles. The van der Waals surface area contributed by atoms with Gasteiger partial charge in [-0.3, -0.25) is 9.36 Å². The van der Waals surface area contributed by atoms with Gasteiger partial charge in [0, 0.05) is 43.2 Å². The van der Waals surface area contributed by atoms with Crippen molar-refractivity contribution in [2.75, 3.05) is 42.1 Å². The summed E-state index contributed by atoms with van der Waals surface area (Å²) in [6.45, 7) is 0.771. The highest BCUT2D eigenvalue weighted by atomic mass is 35.5. The molecule has 1 fully saturated rings. The summed E-state index contributed by atoms with van der Waals surface area (Å²) in [5.74, 6) is -3.60. The quantitative estimate of drug-likeness (QED) is 0.306. The lowest BCUT2D eigenvalue weighted by molar-refractivity contribution is -0.150. The fourth-order valence-corrected chi connectivity index (χ4v) is 4.25. The number of ether oxygens (including phenoxy) is 2. The van der Waals surface area contributed by atoms with Crippen LogP contribution in [0, 0.1) is 0 Å². The van der Waals surface area contributed by atoms with Gasteiger partial charge >= 0.3 is 17.6 Å². The molecule has 0 bridgehead atoms. The number of aliphatic hydroxyl groups is 1. The van der Waals surface area contributed by atoms with Gasteiger partial charge in [0.25, 0.3) is 0 Å². The van der Waals surface area contributed by atoms with Crippen LogP contribution in [0.15, 0.2) is 41.3 Å². The van der Waals surface area contributed by atoms with E-state index in [1.54, 1.807) is 0 Å². The number of alkyl halides is 4. The molecule has 13 heteroatoms. The van der Waals surface area contributed by atoms with Crippen LogP contribution in [-0.4, -0.2) is 70.2 Å². The normalized spacial score (nSPS) is 20.9. The third-order valence-corrected chi connectivity index (χ3v) is 6.09. The molecule has 3 N–H and O–H groups in total. The Morgan fingerprint density at radius 2 is 1.89 bits per heavy atom. The molecule has 0 amide bonds. The van der Waals surface area contributed by atoms with Crippen molar-refractivity contribution in [3.63, 3.8) is 0 Å². The van der Waals surface area contributed by atoms with E-state index in [1.165, 1.54) is 0 Å². The molecule has 36 heavy (non-hydrogen) atoms. The number of nitrogens with zero attached hydrogens (tertiary/aromatic N) is 3. The van der Waals surface area contributed by atoms with Gasteiger partial charge in [0.05, 0.1) is 0 Å². The molecule has 0 spiro atoms. The smallest absolute Gasteiger partial charge is 0.351 e. The summed E-state index contributed by atoms with van der Waals surface area (Å²) in [7, 11) is 0. The van der Waals surface area contributed by atoms with Crippen molar-refractivity contribution in [2.24, 2.45) is 0 Å². The monoisotopic (exact) mass is 548 g/mol. The van der Waals surface area contributed by atoms with Crippen LogP contribution in [0.2, 0.25) is 0 Å². The summed E-state index contributed by atoms with van der Waals surface area (Å²) in [6.07, 6.45) is -3.77. The molecular formula is C23H28Cl2F2N4O5. The van der Waals surface area contributed by atoms with Gasteiger partial charge < -0.3 is 25.2 Å². The van der Waals surface area contributed by atoms with Crippen LogP contribution in [0.25, 0.3) is 0 Å². The number of halogens is 4. The van der Waals surface area contributed by atoms with E-state index in [0.717, 1.165) is 23.5 Å². The number of carbonyl (C=O) groups excluding carboxylic acids is 1. The standard InChI is InChI=1S/C23H28Cl2F2N4O5/c24-9-12-30(13-10-25)16-6-4-15(5-7-16)2-1-3-19(32)35-14-17-20(33)23(26,27)21(36-17)31-11-8-18(28)29-22(31)34/h4-8,11,17,20-21,33H,1-3,9-10,12-14H2,(H2,28,29,34)/t17-,20?,21-/m1/s1. The molecule has 1 aromatic carbocycles. The van der Waals surface area contributed by atoms with Crippen molar-refractivity contribution >= 4 is 40.7 Å². The Hall–Kier alpha value is -2.47. The minimum atomic E-state index is -3.81. The molecule has 2 aromatic rings. The summed E-state index contributed by atoms with van der Waals surface area (Å²) in [5.41, 5.74) is 6.34. The van der Waals surface area contributed by atoms with Gasteiger partial charge in [-0.05, 0) is 36.6 Å². The number of nitrogen functional groups attached to an aromatic ring is 1. The topological polar surface area (TPSA) is 120 Å². The fraction of sp³-hybridized carbons (Fsp3) is 0.522. The molecule has 0 aliphatic carbocycles. The van der Waals surface area contributed by atoms with Crippen LogP contribution < -0.4 is 16.3 Å². The maximum Gasteiger partial charge on any atom is 0.351 e. The van der Waals surface area contributed by atoms with Crippen molar-refractivity contribution in [3.8, 4) is 0 Å². The van der Waals surface area contributed by atoms with Crippen LogP contribution in [0.3, 0.4) is 0 Å². The molecule has 1 aromatic heterocycles.